The highest BCUT2D eigenvalue weighted by molar-refractivity contribution is 9.10. The average molecular weight is 403 g/mol. The molecule has 1 saturated heterocycles. The largest absolute Gasteiger partial charge is 0.340 e. The Balaban J connectivity index is 2.00. The van der Waals surface area contributed by atoms with E-state index >= 15 is 0 Å². The molecular weight excluding hydrogens is 384 g/mol. The van der Waals surface area contributed by atoms with E-state index in [9.17, 15) is 14.4 Å². The van der Waals surface area contributed by atoms with Gasteiger partial charge in [-0.05, 0) is 37.5 Å². The van der Waals surface area contributed by atoms with Crippen molar-refractivity contribution in [3.63, 3.8) is 0 Å². The number of rotatable bonds is 4. The first-order valence-corrected chi connectivity index (χ1v) is 9.13. The van der Waals surface area contributed by atoms with Gasteiger partial charge in [0.2, 0.25) is 0 Å². The fraction of sp³-hybridized carbons (Fsp3) is 0.316. The van der Waals surface area contributed by atoms with Gasteiger partial charge in [0.15, 0.2) is 11.8 Å². The summed E-state index contributed by atoms with van der Waals surface area (Å²) in [4.78, 5) is 40.1. The van der Waals surface area contributed by atoms with Crippen LogP contribution in [0.3, 0.4) is 0 Å². The maximum Gasteiger partial charge on any atom is 0.253 e. The topological polar surface area (TPSA) is 59.4 Å². The molecule has 0 N–H and O–H groups in total. The van der Waals surface area contributed by atoms with Crippen LogP contribution < -0.4 is 5.56 Å². The Kier molecular flexibility index (Phi) is 5.48. The van der Waals surface area contributed by atoms with Crippen molar-refractivity contribution >= 4 is 27.6 Å². The lowest BCUT2D eigenvalue weighted by molar-refractivity contribution is -0.134. The molecule has 5 nitrogen and oxygen atoms in total. The number of carbonyl (C=O) groups excluding carboxylic acids is 2. The van der Waals surface area contributed by atoms with Crippen LogP contribution in [-0.2, 0) is 4.79 Å². The van der Waals surface area contributed by atoms with Crippen LogP contribution in [0, 0.1) is 0 Å². The molecule has 1 amide bonds. The molecule has 1 aromatic carbocycles. The summed E-state index contributed by atoms with van der Waals surface area (Å²) in [5.41, 5.74) is 0.0534. The Hall–Kier alpha value is -2.21. The SMILES string of the molecule is O=C(c1ccc(Br)cc1)[C@@H](C(=O)N1CCCCC1)n1ccccc1=O. The first kappa shape index (κ1) is 17.6. The summed E-state index contributed by atoms with van der Waals surface area (Å²) in [6, 6.07) is 10.3. The minimum atomic E-state index is -1.16. The standard InChI is InChI=1S/C19H19BrN2O3/c20-15-9-7-14(8-10-15)18(24)17(22-13-5-2-6-16(22)23)19(25)21-11-3-1-4-12-21/h2,5-10,13,17H,1,3-4,11-12H2/t17-/m0/s1. The zero-order valence-electron chi connectivity index (χ0n) is 13.7. The van der Waals surface area contributed by atoms with E-state index in [4.69, 9.17) is 0 Å². The monoisotopic (exact) mass is 402 g/mol. The summed E-state index contributed by atoms with van der Waals surface area (Å²) in [7, 11) is 0. The lowest BCUT2D eigenvalue weighted by atomic mass is 10.0. The summed E-state index contributed by atoms with van der Waals surface area (Å²) in [5.74, 6) is -0.669. The van der Waals surface area contributed by atoms with Crippen LogP contribution in [0.15, 0.2) is 57.9 Å². The van der Waals surface area contributed by atoms with Gasteiger partial charge in [-0.3, -0.25) is 19.0 Å². The van der Waals surface area contributed by atoms with Crippen molar-refractivity contribution in [2.75, 3.05) is 13.1 Å². The zero-order chi connectivity index (χ0) is 17.8. The highest BCUT2D eigenvalue weighted by Gasteiger charge is 2.33. The maximum atomic E-state index is 13.1. The first-order valence-electron chi connectivity index (χ1n) is 8.33. The lowest BCUT2D eigenvalue weighted by Gasteiger charge is -2.30. The van der Waals surface area contributed by atoms with Crippen molar-refractivity contribution in [3.8, 4) is 0 Å². The number of piperidine rings is 1. The van der Waals surface area contributed by atoms with E-state index in [0.717, 1.165) is 23.7 Å². The van der Waals surface area contributed by atoms with Crippen molar-refractivity contribution in [1.82, 2.24) is 9.47 Å². The molecule has 1 aliphatic heterocycles. The van der Waals surface area contributed by atoms with Crippen LogP contribution >= 0.6 is 15.9 Å². The van der Waals surface area contributed by atoms with Gasteiger partial charge >= 0.3 is 0 Å². The third-order valence-electron chi connectivity index (χ3n) is 4.41. The van der Waals surface area contributed by atoms with Crippen LogP contribution in [0.5, 0.6) is 0 Å². The van der Waals surface area contributed by atoms with Crippen molar-refractivity contribution in [2.45, 2.75) is 25.3 Å². The zero-order valence-corrected chi connectivity index (χ0v) is 15.3. The molecule has 0 radical (unpaired) electrons. The van der Waals surface area contributed by atoms with E-state index in [1.54, 1.807) is 41.3 Å². The van der Waals surface area contributed by atoms with Gasteiger partial charge in [0.05, 0.1) is 0 Å². The lowest BCUT2D eigenvalue weighted by Crippen LogP contribution is -2.45. The number of hydrogen-bond donors (Lipinski definition) is 0. The number of aromatic nitrogens is 1. The van der Waals surface area contributed by atoms with Crippen LogP contribution in [0.1, 0.15) is 35.7 Å². The molecule has 0 aliphatic carbocycles. The molecule has 0 unspecified atom stereocenters. The molecule has 3 rings (SSSR count). The molecule has 1 aliphatic rings. The molecule has 130 valence electrons. The number of Topliss-reactive ketones (excluding diaryl/α,β-unsaturated/α-hetero) is 1. The molecule has 2 heterocycles. The highest BCUT2D eigenvalue weighted by atomic mass is 79.9. The molecule has 25 heavy (non-hydrogen) atoms. The summed E-state index contributed by atoms with van der Waals surface area (Å²) in [6.07, 6.45) is 4.44. The van der Waals surface area contributed by atoms with Gasteiger partial charge < -0.3 is 4.90 Å². The van der Waals surface area contributed by atoms with Gasteiger partial charge in [0.25, 0.3) is 11.5 Å². The second-order valence-electron chi connectivity index (χ2n) is 6.11. The molecule has 0 spiro atoms. The van der Waals surface area contributed by atoms with E-state index in [0.29, 0.717) is 18.7 Å². The Morgan fingerprint density at radius 3 is 2.28 bits per heavy atom. The van der Waals surface area contributed by atoms with Gasteiger partial charge in [-0.25, -0.2) is 0 Å². The van der Waals surface area contributed by atoms with E-state index in [1.807, 2.05) is 0 Å². The number of nitrogens with zero attached hydrogens (tertiary/aromatic N) is 2. The van der Waals surface area contributed by atoms with Gasteiger partial charge in [0.1, 0.15) is 0 Å². The first-order chi connectivity index (χ1) is 12.1. The molecule has 0 saturated carbocycles. The number of hydrogen-bond acceptors (Lipinski definition) is 3. The van der Waals surface area contributed by atoms with Crippen molar-refractivity contribution in [3.05, 3.63) is 69.1 Å². The summed E-state index contributed by atoms with van der Waals surface area (Å²) >= 11 is 3.34. The normalized spacial score (nSPS) is 15.6. The number of likely N-dealkylation sites (tertiary alicyclic amines) is 1. The molecule has 6 heteroatoms. The van der Waals surface area contributed by atoms with Gasteiger partial charge in [-0.15, -0.1) is 0 Å². The van der Waals surface area contributed by atoms with Gasteiger partial charge in [-0.1, -0.05) is 34.1 Å². The Labute approximate surface area is 154 Å². The minimum Gasteiger partial charge on any atom is -0.340 e. The molecule has 2 aromatic rings. The second-order valence-corrected chi connectivity index (χ2v) is 7.02. The molecule has 1 atom stereocenters. The molecule has 1 fully saturated rings. The average Bonchev–Trinajstić information content (AvgIpc) is 2.64. The van der Waals surface area contributed by atoms with E-state index in [2.05, 4.69) is 15.9 Å². The minimum absolute atomic E-state index is 0.305. The Bertz CT molecular complexity index is 823. The Morgan fingerprint density at radius 1 is 0.960 bits per heavy atom. The molecular formula is C19H19BrN2O3. The van der Waals surface area contributed by atoms with E-state index in [1.165, 1.54) is 16.8 Å². The Morgan fingerprint density at radius 2 is 1.64 bits per heavy atom. The van der Waals surface area contributed by atoms with Gasteiger partial charge in [-0.2, -0.15) is 0 Å². The number of halogens is 1. The summed E-state index contributed by atoms with van der Waals surface area (Å²) < 4.78 is 2.08. The van der Waals surface area contributed by atoms with Crippen LogP contribution in [0.25, 0.3) is 0 Å². The third kappa shape index (κ3) is 3.90. The maximum absolute atomic E-state index is 13.1. The fourth-order valence-corrected chi connectivity index (χ4v) is 3.33. The molecule has 0 bridgehead atoms. The number of carbonyl (C=O) groups is 2. The quantitative estimate of drug-likeness (QED) is 0.583. The van der Waals surface area contributed by atoms with Crippen molar-refractivity contribution in [2.24, 2.45) is 0 Å². The van der Waals surface area contributed by atoms with Crippen molar-refractivity contribution < 1.29 is 9.59 Å². The predicted molar refractivity (Wildman–Crippen MR) is 98.6 cm³/mol. The van der Waals surface area contributed by atoms with Crippen LogP contribution in [-0.4, -0.2) is 34.2 Å². The number of benzene rings is 1. The molecule has 1 aromatic heterocycles. The van der Waals surface area contributed by atoms with Gasteiger partial charge in [0, 0.05) is 35.4 Å². The van der Waals surface area contributed by atoms with Crippen LogP contribution in [0.4, 0.5) is 0 Å². The van der Waals surface area contributed by atoms with E-state index in [-0.39, 0.29) is 17.2 Å². The fourth-order valence-electron chi connectivity index (χ4n) is 3.07. The predicted octanol–water partition coefficient (Wildman–Crippen LogP) is 3.05. The number of ketones is 1. The third-order valence-corrected chi connectivity index (χ3v) is 4.94. The smallest absolute Gasteiger partial charge is 0.253 e. The van der Waals surface area contributed by atoms with Crippen molar-refractivity contribution in [1.29, 1.82) is 0 Å². The number of amides is 1. The summed E-state index contributed by atoms with van der Waals surface area (Å²) in [5, 5.41) is 0. The summed E-state index contributed by atoms with van der Waals surface area (Å²) in [6.45, 7) is 1.26. The van der Waals surface area contributed by atoms with Crippen LogP contribution in [0.2, 0.25) is 0 Å². The second kappa shape index (κ2) is 7.78. The van der Waals surface area contributed by atoms with E-state index < -0.39 is 6.04 Å². The number of pyridine rings is 1. The highest BCUT2D eigenvalue weighted by Crippen LogP contribution is 2.21.